The van der Waals surface area contributed by atoms with Gasteiger partial charge in [0, 0.05) is 25.0 Å². The van der Waals surface area contributed by atoms with E-state index in [2.05, 4.69) is 28.9 Å². The summed E-state index contributed by atoms with van der Waals surface area (Å²) in [5.41, 5.74) is 0.918. The highest BCUT2D eigenvalue weighted by Crippen LogP contribution is 2.22. The molecule has 0 aliphatic carbocycles. The molecule has 1 amide bonds. The Morgan fingerprint density at radius 1 is 1.30 bits per heavy atom. The lowest BCUT2D eigenvalue weighted by atomic mass is 9.92. The molecule has 1 aliphatic heterocycles. The maximum atomic E-state index is 12.5. The lowest BCUT2D eigenvalue weighted by Gasteiger charge is -2.34. The van der Waals surface area contributed by atoms with Gasteiger partial charge in [0.05, 0.1) is 0 Å². The van der Waals surface area contributed by atoms with Crippen molar-refractivity contribution in [1.82, 2.24) is 24.5 Å². The van der Waals surface area contributed by atoms with Crippen LogP contribution in [-0.2, 0) is 0 Å². The quantitative estimate of drug-likeness (QED) is 0.791. The first kappa shape index (κ1) is 13.0. The number of carbonyl (C=O) groups is 1. The van der Waals surface area contributed by atoms with E-state index in [0.717, 1.165) is 18.8 Å². The fraction of sp³-hybridized carbons (Fsp3) is 0.571. The van der Waals surface area contributed by atoms with E-state index in [4.69, 9.17) is 0 Å². The van der Waals surface area contributed by atoms with E-state index < -0.39 is 0 Å². The van der Waals surface area contributed by atoms with Crippen molar-refractivity contribution in [2.75, 3.05) is 13.1 Å². The molecule has 0 saturated carbocycles. The van der Waals surface area contributed by atoms with Gasteiger partial charge in [-0.1, -0.05) is 13.8 Å². The molecule has 1 fully saturated rings. The van der Waals surface area contributed by atoms with Gasteiger partial charge in [0.15, 0.2) is 0 Å². The highest BCUT2D eigenvalue weighted by atomic mass is 16.2. The standard InChI is InChI=1S/C14H19N5O/c1-9-6-10(2)8-18(7-9)13(20)12-16-14-15-5-4-11(3)19(14)17-12/h4-5,9-10H,6-8H2,1-3H3. The first-order valence-corrected chi connectivity index (χ1v) is 7.02. The van der Waals surface area contributed by atoms with Gasteiger partial charge in [-0.25, -0.2) is 9.50 Å². The molecule has 1 aliphatic rings. The Hall–Kier alpha value is -1.98. The van der Waals surface area contributed by atoms with Gasteiger partial charge in [-0.2, -0.15) is 4.98 Å². The third kappa shape index (κ3) is 2.26. The number of aromatic nitrogens is 4. The SMILES string of the molecule is Cc1ccnc2nc(C(=O)N3CC(C)CC(C)C3)nn12. The van der Waals surface area contributed by atoms with Crippen LogP contribution in [0.1, 0.15) is 36.6 Å². The van der Waals surface area contributed by atoms with Crippen LogP contribution >= 0.6 is 0 Å². The number of aryl methyl sites for hydroxylation is 1. The van der Waals surface area contributed by atoms with Gasteiger partial charge in [0.25, 0.3) is 11.7 Å². The molecule has 0 radical (unpaired) electrons. The molecule has 2 unspecified atom stereocenters. The zero-order valence-corrected chi connectivity index (χ0v) is 12.1. The number of hydrogen-bond donors (Lipinski definition) is 0. The smallest absolute Gasteiger partial charge is 0.293 e. The maximum absolute atomic E-state index is 12.5. The normalized spacial score (nSPS) is 23.2. The Morgan fingerprint density at radius 2 is 2.00 bits per heavy atom. The largest absolute Gasteiger partial charge is 0.335 e. The number of rotatable bonds is 1. The van der Waals surface area contributed by atoms with E-state index in [1.807, 2.05) is 17.9 Å². The number of piperidine rings is 1. The number of likely N-dealkylation sites (tertiary alicyclic amines) is 1. The molecule has 0 N–H and O–H groups in total. The number of nitrogens with zero attached hydrogens (tertiary/aromatic N) is 5. The van der Waals surface area contributed by atoms with Gasteiger partial charge >= 0.3 is 0 Å². The Bertz CT molecular complexity index is 640. The maximum Gasteiger partial charge on any atom is 0.293 e. The zero-order valence-electron chi connectivity index (χ0n) is 12.1. The van der Waals surface area contributed by atoms with Crippen molar-refractivity contribution in [3.63, 3.8) is 0 Å². The fourth-order valence-corrected chi connectivity index (χ4v) is 2.97. The Kier molecular flexibility index (Phi) is 3.16. The molecule has 3 rings (SSSR count). The molecular weight excluding hydrogens is 254 g/mol. The number of amides is 1. The van der Waals surface area contributed by atoms with Gasteiger partial charge in [0.2, 0.25) is 5.82 Å². The van der Waals surface area contributed by atoms with E-state index in [1.165, 1.54) is 6.42 Å². The first-order chi connectivity index (χ1) is 9.54. The summed E-state index contributed by atoms with van der Waals surface area (Å²) in [6.07, 6.45) is 2.85. The molecule has 3 heterocycles. The van der Waals surface area contributed by atoms with E-state index >= 15 is 0 Å². The predicted molar refractivity (Wildman–Crippen MR) is 74.4 cm³/mol. The second kappa shape index (κ2) is 4.85. The van der Waals surface area contributed by atoms with Crippen LogP contribution in [0.25, 0.3) is 5.78 Å². The Balaban J connectivity index is 1.90. The van der Waals surface area contributed by atoms with Crippen LogP contribution in [0.4, 0.5) is 0 Å². The molecule has 6 nitrogen and oxygen atoms in total. The third-order valence-corrected chi connectivity index (χ3v) is 3.78. The van der Waals surface area contributed by atoms with Crippen LogP contribution < -0.4 is 0 Å². The summed E-state index contributed by atoms with van der Waals surface area (Å²) in [5.74, 6) is 1.69. The third-order valence-electron chi connectivity index (χ3n) is 3.78. The van der Waals surface area contributed by atoms with Crippen LogP contribution in [0.2, 0.25) is 0 Å². The monoisotopic (exact) mass is 273 g/mol. The van der Waals surface area contributed by atoms with Gasteiger partial charge in [-0.3, -0.25) is 4.79 Å². The van der Waals surface area contributed by atoms with Gasteiger partial charge in [0.1, 0.15) is 0 Å². The Labute approximate surface area is 117 Å². The lowest BCUT2D eigenvalue weighted by molar-refractivity contribution is 0.0611. The molecule has 6 heteroatoms. The number of carbonyl (C=O) groups excluding carboxylic acids is 1. The summed E-state index contributed by atoms with van der Waals surface area (Å²) in [6.45, 7) is 7.84. The van der Waals surface area contributed by atoms with E-state index in [9.17, 15) is 4.79 Å². The van der Waals surface area contributed by atoms with Crippen LogP contribution in [-0.4, -0.2) is 43.5 Å². The zero-order chi connectivity index (χ0) is 14.3. The van der Waals surface area contributed by atoms with Crippen molar-refractivity contribution in [2.45, 2.75) is 27.2 Å². The average Bonchev–Trinajstić information content (AvgIpc) is 2.82. The molecule has 2 aromatic rings. The minimum Gasteiger partial charge on any atom is -0.335 e. The van der Waals surface area contributed by atoms with Crippen LogP contribution in [0.3, 0.4) is 0 Å². The topological polar surface area (TPSA) is 63.4 Å². The second-order valence-electron chi connectivity index (χ2n) is 5.89. The molecule has 1 saturated heterocycles. The molecule has 0 aromatic carbocycles. The van der Waals surface area contributed by atoms with Crippen LogP contribution in [0.5, 0.6) is 0 Å². The van der Waals surface area contributed by atoms with E-state index in [0.29, 0.717) is 17.6 Å². The van der Waals surface area contributed by atoms with Crippen molar-refractivity contribution in [1.29, 1.82) is 0 Å². The van der Waals surface area contributed by atoms with Crippen molar-refractivity contribution >= 4 is 11.7 Å². The number of hydrogen-bond acceptors (Lipinski definition) is 4. The van der Waals surface area contributed by atoms with Gasteiger partial charge in [-0.05, 0) is 31.2 Å². The number of fused-ring (bicyclic) bond motifs is 1. The fourth-order valence-electron chi connectivity index (χ4n) is 2.97. The predicted octanol–water partition coefficient (Wildman–Crippen LogP) is 1.55. The molecule has 0 spiro atoms. The minimum absolute atomic E-state index is 0.0895. The van der Waals surface area contributed by atoms with Gasteiger partial charge in [-0.15, -0.1) is 5.10 Å². The molecule has 106 valence electrons. The highest BCUT2D eigenvalue weighted by Gasteiger charge is 2.28. The lowest BCUT2D eigenvalue weighted by Crippen LogP contribution is -2.43. The van der Waals surface area contributed by atoms with Crippen molar-refractivity contribution in [3.8, 4) is 0 Å². The summed E-state index contributed by atoms with van der Waals surface area (Å²) in [7, 11) is 0. The molecule has 0 bridgehead atoms. The van der Waals surface area contributed by atoms with E-state index in [1.54, 1.807) is 10.7 Å². The molecule has 2 aromatic heterocycles. The molecule has 2 atom stereocenters. The van der Waals surface area contributed by atoms with Crippen molar-refractivity contribution in [3.05, 3.63) is 23.8 Å². The van der Waals surface area contributed by atoms with E-state index in [-0.39, 0.29) is 11.7 Å². The first-order valence-electron chi connectivity index (χ1n) is 7.02. The Morgan fingerprint density at radius 3 is 2.65 bits per heavy atom. The summed E-state index contributed by atoms with van der Waals surface area (Å²) in [6, 6.07) is 1.85. The summed E-state index contributed by atoms with van der Waals surface area (Å²) >= 11 is 0. The van der Waals surface area contributed by atoms with Crippen LogP contribution in [0.15, 0.2) is 12.3 Å². The van der Waals surface area contributed by atoms with Crippen LogP contribution in [0, 0.1) is 18.8 Å². The summed E-state index contributed by atoms with van der Waals surface area (Å²) in [4.78, 5) is 22.8. The highest BCUT2D eigenvalue weighted by molar-refractivity contribution is 5.91. The molecule has 20 heavy (non-hydrogen) atoms. The van der Waals surface area contributed by atoms with Crippen molar-refractivity contribution in [2.24, 2.45) is 11.8 Å². The van der Waals surface area contributed by atoms with Gasteiger partial charge < -0.3 is 4.90 Å². The second-order valence-corrected chi connectivity index (χ2v) is 5.89. The van der Waals surface area contributed by atoms with Crippen molar-refractivity contribution < 1.29 is 4.79 Å². The molecular formula is C14H19N5O. The summed E-state index contributed by atoms with van der Waals surface area (Å²) < 4.78 is 1.62. The average molecular weight is 273 g/mol. The minimum atomic E-state index is -0.0895. The summed E-state index contributed by atoms with van der Waals surface area (Å²) in [5, 5.41) is 4.29.